The highest BCUT2D eigenvalue weighted by molar-refractivity contribution is 5.95. The van der Waals surface area contributed by atoms with E-state index in [1.54, 1.807) is 6.20 Å². The van der Waals surface area contributed by atoms with Gasteiger partial charge in [0.05, 0.1) is 5.56 Å². The van der Waals surface area contributed by atoms with Crippen molar-refractivity contribution in [2.24, 2.45) is 5.92 Å². The minimum Gasteiger partial charge on any atom is -0.352 e. The maximum Gasteiger partial charge on any atom is 0.252 e. The Bertz CT molecular complexity index is 662. The van der Waals surface area contributed by atoms with Crippen LogP contribution in [0.15, 0.2) is 36.7 Å². The highest BCUT2D eigenvalue weighted by atomic mass is 16.1. The number of hydrogen-bond acceptors (Lipinski definition) is 2. The van der Waals surface area contributed by atoms with E-state index in [0.29, 0.717) is 18.0 Å². The summed E-state index contributed by atoms with van der Waals surface area (Å²) in [7, 11) is 0. The van der Waals surface area contributed by atoms with Crippen molar-refractivity contribution in [1.82, 2.24) is 10.3 Å². The number of aromatic nitrogens is 1. The van der Waals surface area contributed by atoms with Crippen LogP contribution in [0.25, 0.3) is 11.1 Å². The summed E-state index contributed by atoms with van der Waals surface area (Å²) in [6, 6.07) is 8.24. The van der Waals surface area contributed by atoms with Crippen LogP contribution in [-0.4, -0.2) is 17.4 Å². The molecule has 0 atom stereocenters. The fourth-order valence-corrected chi connectivity index (χ4v) is 2.33. The summed E-state index contributed by atoms with van der Waals surface area (Å²) in [4.78, 5) is 16.4. The van der Waals surface area contributed by atoms with Crippen LogP contribution in [0.5, 0.6) is 0 Å². The predicted octanol–water partition coefficient (Wildman–Crippen LogP) is 4.14. The van der Waals surface area contributed by atoms with Gasteiger partial charge in [-0.2, -0.15) is 0 Å². The van der Waals surface area contributed by atoms with Gasteiger partial charge in [-0.05, 0) is 43.4 Å². The predicted molar refractivity (Wildman–Crippen MR) is 90.9 cm³/mol. The lowest BCUT2D eigenvalue weighted by atomic mass is 9.99. The molecule has 2 rings (SSSR count). The van der Waals surface area contributed by atoms with Crippen LogP contribution in [0.3, 0.4) is 0 Å². The van der Waals surface area contributed by atoms with Crippen LogP contribution in [-0.2, 0) is 0 Å². The van der Waals surface area contributed by atoms with Gasteiger partial charge in [-0.25, -0.2) is 0 Å². The van der Waals surface area contributed by atoms with E-state index in [-0.39, 0.29) is 5.91 Å². The Balaban J connectivity index is 2.19. The highest BCUT2D eigenvalue weighted by Crippen LogP contribution is 2.24. The SMILES string of the molecule is Cc1ccc(C)c(-c2cncc(C(=O)NCCC(C)C)c2)c1. The lowest BCUT2D eigenvalue weighted by Crippen LogP contribution is -2.25. The molecule has 0 saturated heterocycles. The summed E-state index contributed by atoms with van der Waals surface area (Å²) in [6.45, 7) is 9.14. The van der Waals surface area contributed by atoms with Crippen LogP contribution in [0.2, 0.25) is 0 Å². The van der Waals surface area contributed by atoms with Gasteiger partial charge in [0.25, 0.3) is 5.91 Å². The van der Waals surface area contributed by atoms with Crippen molar-refractivity contribution < 1.29 is 4.79 Å². The zero-order valence-electron chi connectivity index (χ0n) is 13.8. The molecule has 2 aromatic rings. The molecule has 0 aliphatic heterocycles. The van der Waals surface area contributed by atoms with E-state index in [1.165, 1.54) is 11.1 Å². The second-order valence-corrected chi connectivity index (χ2v) is 6.22. The summed E-state index contributed by atoms with van der Waals surface area (Å²) in [5, 5.41) is 2.96. The second kappa shape index (κ2) is 7.21. The fourth-order valence-electron chi connectivity index (χ4n) is 2.33. The molecule has 0 bridgehead atoms. The molecule has 0 aliphatic rings. The summed E-state index contributed by atoms with van der Waals surface area (Å²) >= 11 is 0. The van der Waals surface area contributed by atoms with Crippen LogP contribution < -0.4 is 5.32 Å². The van der Waals surface area contributed by atoms with Crippen LogP contribution in [0.1, 0.15) is 41.8 Å². The largest absolute Gasteiger partial charge is 0.352 e. The number of carbonyl (C=O) groups excluding carboxylic acids is 1. The number of carbonyl (C=O) groups is 1. The molecule has 1 heterocycles. The topological polar surface area (TPSA) is 42.0 Å². The first-order chi connectivity index (χ1) is 10.5. The lowest BCUT2D eigenvalue weighted by Gasteiger charge is -2.10. The maximum atomic E-state index is 12.2. The molecule has 0 unspecified atom stereocenters. The van der Waals surface area contributed by atoms with Gasteiger partial charge >= 0.3 is 0 Å². The van der Waals surface area contributed by atoms with Crippen molar-refractivity contribution in [1.29, 1.82) is 0 Å². The third-order valence-corrected chi connectivity index (χ3v) is 3.71. The van der Waals surface area contributed by atoms with E-state index in [0.717, 1.165) is 17.5 Å². The Hall–Kier alpha value is -2.16. The minimum atomic E-state index is -0.0553. The third-order valence-electron chi connectivity index (χ3n) is 3.71. The van der Waals surface area contributed by atoms with E-state index in [1.807, 2.05) is 12.3 Å². The van der Waals surface area contributed by atoms with E-state index in [2.05, 4.69) is 56.2 Å². The number of nitrogens with one attached hydrogen (secondary N) is 1. The number of pyridine rings is 1. The average Bonchev–Trinajstić information content (AvgIpc) is 2.49. The van der Waals surface area contributed by atoms with E-state index in [9.17, 15) is 4.79 Å². The Labute approximate surface area is 132 Å². The Kier molecular flexibility index (Phi) is 5.31. The summed E-state index contributed by atoms with van der Waals surface area (Å²) < 4.78 is 0. The van der Waals surface area contributed by atoms with Crippen LogP contribution in [0, 0.1) is 19.8 Å². The molecule has 116 valence electrons. The molecule has 0 aliphatic carbocycles. The van der Waals surface area contributed by atoms with E-state index >= 15 is 0 Å². The summed E-state index contributed by atoms with van der Waals surface area (Å²) in [5.41, 5.74) is 5.11. The van der Waals surface area contributed by atoms with Crippen molar-refractivity contribution in [3.63, 3.8) is 0 Å². The normalized spacial score (nSPS) is 10.8. The molecule has 0 spiro atoms. The van der Waals surface area contributed by atoms with Gasteiger partial charge < -0.3 is 5.32 Å². The first-order valence-electron chi connectivity index (χ1n) is 7.78. The van der Waals surface area contributed by atoms with Crippen molar-refractivity contribution in [3.8, 4) is 11.1 Å². The van der Waals surface area contributed by atoms with E-state index in [4.69, 9.17) is 0 Å². The van der Waals surface area contributed by atoms with Gasteiger partial charge in [0, 0.05) is 24.5 Å². The molecule has 1 aromatic heterocycles. The zero-order chi connectivity index (χ0) is 16.1. The Morgan fingerprint density at radius 2 is 1.95 bits per heavy atom. The van der Waals surface area contributed by atoms with Gasteiger partial charge in [-0.1, -0.05) is 37.6 Å². The lowest BCUT2D eigenvalue weighted by molar-refractivity contribution is 0.0951. The number of rotatable bonds is 5. The number of hydrogen-bond donors (Lipinski definition) is 1. The fraction of sp³-hybridized carbons (Fsp3) is 0.368. The summed E-state index contributed by atoms with van der Waals surface area (Å²) in [6.07, 6.45) is 4.42. The molecule has 0 fully saturated rings. The van der Waals surface area contributed by atoms with Crippen molar-refractivity contribution in [2.45, 2.75) is 34.1 Å². The zero-order valence-corrected chi connectivity index (χ0v) is 13.8. The molecule has 1 aromatic carbocycles. The number of amides is 1. The van der Waals surface area contributed by atoms with Crippen LogP contribution in [0.4, 0.5) is 0 Å². The third kappa shape index (κ3) is 4.17. The summed E-state index contributed by atoms with van der Waals surface area (Å²) in [5.74, 6) is 0.528. The van der Waals surface area contributed by atoms with Gasteiger partial charge in [-0.3, -0.25) is 9.78 Å². The molecule has 1 N–H and O–H groups in total. The number of nitrogens with zero attached hydrogens (tertiary/aromatic N) is 1. The molecular weight excluding hydrogens is 272 g/mol. The Morgan fingerprint density at radius 1 is 1.18 bits per heavy atom. The maximum absolute atomic E-state index is 12.2. The van der Waals surface area contributed by atoms with Gasteiger partial charge in [0.15, 0.2) is 0 Å². The van der Waals surface area contributed by atoms with Gasteiger partial charge in [0.2, 0.25) is 0 Å². The molecule has 22 heavy (non-hydrogen) atoms. The van der Waals surface area contributed by atoms with E-state index < -0.39 is 0 Å². The average molecular weight is 296 g/mol. The Morgan fingerprint density at radius 3 is 2.68 bits per heavy atom. The molecular formula is C19H24N2O. The second-order valence-electron chi connectivity index (χ2n) is 6.22. The quantitative estimate of drug-likeness (QED) is 0.901. The van der Waals surface area contributed by atoms with Crippen molar-refractivity contribution in [2.75, 3.05) is 6.54 Å². The molecule has 0 saturated carbocycles. The highest BCUT2D eigenvalue weighted by Gasteiger charge is 2.09. The monoisotopic (exact) mass is 296 g/mol. The first kappa shape index (κ1) is 16.2. The molecule has 0 radical (unpaired) electrons. The van der Waals surface area contributed by atoms with Crippen molar-refractivity contribution in [3.05, 3.63) is 53.3 Å². The smallest absolute Gasteiger partial charge is 0.252 e. The molecule has 1 amide bonds. The molecule has 3 heteroatoms. The van der Waals surface area contributed by atoms with Gasteiger partial charge in [-0.15, -0.1) is 0 Å². The van der Waals surface area contributed by atoms with Crippen LogP contribution >= 0.6 is 0 Å². The molecule has 3 nitrogen and oxygen atoms in total. The number of aryl methyl sites for hydroxylation is 2. The minimum absolute atomic E-state index is 0.0553. The standard InChI is InChI=1S/C19H24N2O/c1-13(2)7-8-21-19(22)17-10-16(11-20-12-17)18-9-14(3)5-6-15(18)4/h5-6,9-13H,7-8H2,1-4H3,(H,21,22). The van der Waals surface area contributed by atoms with Gasteiger partial charge in [0.1, 0.15) is 0 Å². The number of benzene rings is 1. The first-order valence-corrected chi connectivity index (χ1v) is 7.78. The van der Waals surface area contributed by atoms with Crippen molar-refractivity contribution >= 4 is 5.91 Å².